The van der Waals surface area contributed by atoms with E-state index >= 15 is 0 Å². The van der Waals surface area contributed by atoms with Crippen molar-refractivity contribution < 1.29 is 12.8 Å². The maximum atomic E-state index is 12.9. The molecule has 20 heavy (non-hydrogen) atoms. The molecule has 0 fully saturated rings. The molecular formula is C12H11ClFN3O2S. The van der Waals surface area contributed by atoms with Crippen molar-refractivity contribution in [1.29, 1.82) is 0 Å². The van der Waals surface area contributed by atoms with Crippen LogP contribution in [0.1, 0.15) is 5.56 Å². The van der Waals surface area contributed by atoms with Gasteiger partial charge in [0.05, 0.1) is 17.6 Å². The first-order chi connectivity index (χ1) is 9.29. The Labute approximate surface area is 120 Å². The Hall–Kier alpha value is -1.86. The molecule has 0 amide bonds. The van der Waals surface area contributed by atoms with E-state index in [0.29, 0.717) is 5.56 Å². The molecule has 0 saturated heterocycles. The van der Waals surface area contributed by atoms with Crippen molar-refractivity contribution in [3.8, 4) is 0 Å². The van der Waals surface area contributed by atoms with Crippen molar-refractivity contribution >= 4 is 33.0 Å². The summed E-state index contributed by atoms with van der Waals surface area (Å²) in [5, 5.41) is 0.286. The van der Waals surface area contributed by atoms with Crippen molar-refractivity contribution in [2.24, 2.45) is 0 Å². The number of nitrogen functional groups attached to an aromatic ring is 1. The van der Waals surface area contributed by atoms with E-state index in [2.05, 4.69) is 9.71 Å². The summed E-state index contributed by atoms with van der Waals surface area (Å²) in [6.07, 6.45) is 1.28. The molecular weight excluding hydrogens is 305 g/mol. The molecule has 0 aliphatic rings. The third-order valence-corrected chi connectivity index (χ3v) is 4.38. The van der Waals surface area contributed by atoms with Crippen molar-refractivity contribution in [2.75, 3.05) is 10.5 Å². The predicted octanol–water partition coefficient (Wildman–Crippen LogP) is 2.57. The zero-order valence-electron chi connectivity index (χ0n) is 10.4. The van der Waals surface area contributed by atoms with Crippen LogP contribution in [-0.4, -0.2) is 13.4 Å². The molecule has 1 aromatic carbocycles. The normalized spacial score (nSPS) is 11.3. The van der Waals surface area contributed by atoms with Crippen LogP contribution in [0, 0.1) is 12.7 Å². The number of pyridine rings is 1. The van der Waals surface area contributed by atoms with Gasteiger partial charge in [0.15, 0.2) is 0 Å². The summed E-state index contributed by atoms with van der Waals surface area (Å²) in [7, 11) is -3.92. The van der Waals surface area contributed by atoms with Crippen LogP contribution in [0.25, 0.3) is 0 Å². The summed E-state index contributed by atoms with van der Waals surface area (Å²) in [4.78, 5) is 3.64. The molecule has 106 valence electrons. The van der Waals surface area contributed by atoms with Crippen LogP contribution in [0.2, 0.25) is 5.15 Å². The fraction of sp³-hybridized carbons (Fsp3) is 0.0833. The lowest BCUT2D eigenvalue weighted by Crippen LogP contribution is -2.15. The van der Waals surface area contributed by atoms with Gasteiger partial charge in [-0.1, -0.05) is 11.6 Å². The van der Waals surface area contributed by atoms with Gasteiger partial charge in [-0.15, -0.1) is 0 Å². The molecule has 1 heterocycles. The highest BCUT2D eigenvalue weighted by atomic mass is 35.5. The second-order valence-electron chi connectivity index (χ2n) is 4.12. The van der Waals surface area contributed by atoms with Gasteiger partial charge in [-0.05, 0) is 36.8 Å². The maximum absolute atomic E-state index is 12.9. The van der Waals surface area contributed by atoms with E-state index in [1.807, 2.05) is 0 Å². The Balaban J connectivity index is 2.38. The molecule has 0 bridgehead atoms. The van der Waals surface area contributed by atoms with Gasteiger partial charge in [-0.25, -0.2) is 17.8 Å². The number of halogens is 2. The molecule has 0 saturated carbocycles. The number of rotatable bonds is 3. The van der Waals surface area contributed by atoms with E-state index in [-0.39, 0.29) is 21.4 Å². The quantitative estimate of drug-likeness (QED) is 0.673. The highest BCUT2D eigenvalue weighted by Crippen LogP contribution is 2.23. The van der Waals surface area contributed by atoms with Crippen LogP contribution < -0.4 is 10.5 Å². The number of aromatic nitrogens is 1. The third-order valence-electron chi connectivity index (χ3n) is 2.53. The fourth-order valence-electron chi connectivity index (χ4n) is 1.59. The molecule has 0 unspecified atom stereocenters. The Bertz CT molecular complexity index is 765. The largest absolute Gasteiger partial charge is 0.398 e. The van der Waals surface area contributed by atoms with E-state index in [9.17, 15) is 12.8 Å². The monoisotopic (exact) mass is 315 g/mol. The molecule has 1 aromatic heterocycles. The number of nitrogens with zero attached hydrogens (tertiary/aromatic N) is 1. The Morgan fingerprint density at radius 1 is 1.35 bits per heavy atom. The van der Waals surface area contributed by atoms with Crippen LogP contribution in [0.5, 0.6) is 0 Å². The fourth-order valence-corrected chi connectivity index (χ4v) is 2.84. The lowest BCUT2D eigenvalue weighted by atomic mass is 10.3. The van der Waals surface area contributed by atoms with Crippen LogP contribution in [-0.2, 0) is 10.0 Å². The first-order valence-electron chi connectivity index (χ1n) is 5.49. The molecule has 8 heteroatoms. The highest BCUT2D eigenvalue weighted by molar-refractivity contribution is 7.92. The number of hydrogen-bond donors (Lipinski definition) is 2. The summed E-state index contributed by atoms with van der Waals surface area (Å²) in [6, 6.07) is 4.60. The molecule has 3 N–H and O–H groups in total. The average Bonchev–Trinajstić information content (AvgIpc) is 2.33. The third kappa shape index (κ3) is 3.00. The number of sulfonamides is 1. The molecule has 0 aliphatic heterocycles. The summed E-state index contributed by atoms with van der Waals surface area (Å²) < 4.78 is 39.6. The standard InChI is InChI=1S/C12H11ClFN3O2S/c1-7-4-9(6-16-12(7)13)17-20(18,19)11-3-2-8(14)5-10(11)15/h2-6,17H,15H2,1H3. The molecule has 2 rings (SSSR count). The van der Waals surface area contributed by atoms with E-state index in [1.165, 1.54) is 12.3 Å². The average molecular weight is 316 g/mol. The lowest BCUT2D eigenvalue weighted by Gasteiger charge is -2.10. The molecule has 0 spiro atoms. The Morgan fingerprint density at radius 3 is 2.65 bits per heavy atom. The van der Waals surface area contributed by atoms with E-state index in [4.69, 9.17) is 17.3 Å². The van der Waals surface area contributed by atoms with Gasteiger partial charge in [0.1, 0.15) is 15.9 Å². The number of hydrogen-bond acceptors (Lipinski definition) is 4. The van der Waals surface area contributed by atoms with Crippen LogP contribution in [0.3, 0.4) is 0 Å². The van der Waals surface area contributed by atoms with Crippen LogP contribution >= 0.6 is 11.6 Å². The molecule has 0 atom stereocenters. The topological polar surface area (TPSA) is 85.1 Å². The van der Waals surface area contributed by atoms with E-state index in [0.717, 1.165) is 18.2 Å². The smallest absolute Gasteiger partial charge is 0.263 e. The minimum atomic E-state index is -3.92. The van der Waals surface area contributed by atoms with Gasteiger partial charge in [-0.2, -0.15) is 0 Å². The maximum Gasteiger partial charge on any atom is 0.263 e. The van der Waals surface area contributed by atoms with Gasteiger partial charge in [0.2, 0.25) is 0 Å². The number of nitrogens with two attached hydrogens (primary N) is 1. The Morgan fingerprint density at radius 2 is 2.05 bits per heavy atom. The number of nitrogens with one attached hydrogen (secondary N) is 1. The van der Waals surface area contributed by atoms with Gasteiger partial charge in [0, 0.05) is 0 Å². The summed E-state index contributed by atoms with van der Waals surface area (Å²) in [6.45, 7) is 1.69. The molecule has 0 radical (unpaired) electrons. The minimum Gasteiger partial charge on any atom is -0.398 e. The zero-order chi connectivity index (χ0) is 14.9. The van der Waals surface area contributed by atoms with Crippen molar-refractivity contribution in [2.45, 2.75) is 11.8 Å². The lowest BCUT2D eigenvalue weighted by molar-refractivity contribution is 0.600. The van der Waals surface area contributed by atoms with Crippen LogP contribution in [0.15, 0.2) is 35.4 Å². The van der Waals surface area contributed by atoms with Gasteiger partial charge >= 0.3 is 0 Å². The summed E-state index contributed by atoms with van der Waals surface area (Å²) in [5.74, 6) is -0.606. The van der Waals surface area contributed by atoms with Gasteiger partial charge in [0.25, 0.3) is 10.0 Å². The highest BCUT2D eigenvalue weighted by Gasteiger charge is 2.18. The number of aryl methyl sites for hydroxylation is 1. The zero-order valence-corrected chi connectivity index (χ0v) is 12.0. The van der Waals surface area contributed by atoms with Crippen molar-refractivity contribution in [3.05, 3.63) is 47.0 Å². The van der Waals surface area contributed by atoms with Gasteiger partial charge in [-0.3, -0.25) is 4.72 Å². The summed E-state index contributed by atoms with van der Waals surface area (Å²) in [5.41, 5.74) is 6.22. The van der Waals surface area contributed by atoms with E-state index in [1.54, 1.807) is 6.92 Å². The first kappa shape index (κ1) is 14.5. The molecule has 5 nitrogen and oxygen atoms in total. The second kappa shape index (κ2) is 5.26. The summed E-state index contributed by atoms with van der Waals surface area (Å²) >= 11 is 5.76. The number of anilines is 2. The predicted molar refractivity (Wildman–Crippen MR) is 75.6 cm³/mol. The molecule has 2 aromatic rings. The SMILES string of the molecule is Cc1cc(NS(=O)(=O)c2ccc(F)cc2N)cnc1Cl. The first-order valence-corrected chi connectivity index (χ1v) is 7.36. The van der Waals surface area contributed by atoms with Crippen LogP contribution in [0.4, 0.5) is 15.8 Å². The second-order valence-corrected chi connectivity index (χ2v) is 6.13. The van der Waals surface area contributed by atoms with Gasteiger partial charge < -0.3 is 5.73 Å². The van der Waals surface area contributed by atoms with Crippen molar-refractivity contribution in [3.63, 3.8) is 0 Å². The van der Waals surface area contributed by atoms with E-state index < -0.39 is 15.8 Å². The molecule has 0 aliphatic carbocycles. The van der Waals surface area contributed by atoms with Crippen molar-refractivity contribution in [1.82, 2.24) is 4.98 Å². The number of benzene rings is 1. The minimum absolute atomic E-state index is 0.170. The Kier molecular flexibility index (Phi) is 3.82.